The van der Waals surface area contributed by atoms with Crippen molar-refractivity contribution in [1.29, 1.82) is 5.26 Å². The first-order valence-electron chi connectivity index (χ1n) is 6.44. The number of hydrogen-bond donors (Lipinski definition) is 0. The molecule has 0 bridgehead atoms. The van der Waals surface area contributed by atoms with Crippen molar-refractivity contribution in [3.05, 3.63) is 28.8 Å². The normalized spacial score (nSPS) is 16.9. The lowest BCUT2D eigenvalue weighted by Gasteiger charge is -2.16. The molecule has 0 aliphatic heterocycles. The minimum Gasteiger partial charge on any atom is -0.496 e. The molecule has 19 heavy (non-hydrogen) atoms. The number of methoxy groups -OCH3 is 1. The summed E-state index contributed by atoms with van der Waals surface area (Å²) >= 11 is 5.96. The maximum atomic E-state index is 12.4. The predicted molar refractivity (Wildman–Crippen MR) is 73.3 cm³/mol. The minimum absolute atomic E-state index is 0.000525. The van der Waals surface area contributed by atoms with Crippen LogP contribution >= 0.6 is 11.6 Å². The van der Waals surface area contributed by atoms with E-state index in [1.807, 2.05) is 0 Å². The molecule has 1 aliphatic carbocycles. The van der Waals surface area contributed by atoms with Gasteiger partial charge in [-0.1, -0.05) is 24.4 Å². The van der Waals surface area contributed by atoms with E-state index in [9.17, 15) is 10.1 Å². The molecule has 1 aliphatic rings. The Morgan fingerprint density at radius 1 is 1.47 bits per heavy atom. The molecule has 1 unspecified atom stereocenters. The number of ketones is 1. The van der Waals surface area contributed by atoms with Gasteiger partial charge in [0.1, 0.15) is 11.7 Å². The third-order valence-corrected chi connectivity index (χ3v) is 3.91. The maximum absolute atomic E-state index is 12.4. The van der Waals surface area contributed by atoms with Gasteiger partial charge in [0.15, 0.2) is 5.78 Å². The third-order valence-electron chi connectivity index (χ3n) is 3.67. The van der Waals surface area contributed by atoms with Crippen molar-refractivity contribution in [1.82, 2.24) is 0 Å². The molecule has 0 N–H and O–H groups in total. The van der Waals surface area contributed by atoms with Crippen LogP contribution in [0.5, 0.6) is 5.75 Å². The van der Waals surface area contributed by atoms with Gasteiger partial charge in [0.25, 0.3) is 0 Å². The van der Waals surface area contributed by atoms with Gasteiger partial charge >= 0.3 is 0 Å². The summed E-state index contributed by atoms with van der Waals surface area (Å²) in [5.41, 5.74) is 0.578. The van der Waals surface area contributed by atoms with Crippen LogP contribution in [0.15, 0.2) is 18.2 Å². The first-order valence-corrected chi connectivity index (χ1v) is 6.82. The van der Waals surface area contributed by atoms with Crippen LogP contribution in [0.1, 0.15) is 37.2 Å². The summed E-state index contributed by atoms with van der Waals surface area (Å²) in [7, 11) is 1.53. The lowest BCUT2D eigenvalue weighted by atomic mass is 9.87. The van der Waals surface area contributed by atoms with Crippen LogP contribution in [-0.4, -0.2) is 12.9 Å². The van der Waals surface area contributed by atoms with Gasteiger partial charge in [-0.2, -0.15) is 5.26 Å². The van der Waals surface area contributed by atoms with Gasteiger partial charge in [-0.05, 0) is 31.0 Å². The molecule has 0 heterocycles. The molecule has 3 nitrogen and oxygen atoms in total. The van der Waals surface area contributed by atoms with E-state index in [1.165, 1.54) is 7.11 Å². The number of rotatable bonds is 4. The number of nitrogens with zero attached hydrogens (tertiary/aromatic N) is 1. The third kappa shape index (κ3) is 2.90. The van der Waals surface area contributed by atoms with Crippen molar-refractivity contribution in [2.45, 2.75) is 31.6 Å². The van der Waals surface area contributed by atoms with E-state index in [4.69, 9.17) is 16.3 Å². The van der Waals surface area contributed by atoms with E-state index < -0.39 is 5.92 Å². The zero-order chi connectivity index (χ0) is 13.8. The zero-order valence-corrected chi connectivity index (χ0v) is 11.6. The Morgan fingerprint density at radius 3 is 2.74 bits per heavy atom. The van der Waals surface area contributed by atoms with Crippen LogP contribution in [0.2, 0.25) is 5.02 Å². The minimum atomic E-state index is -0.781. The number of hydrogen-bond acceptors (Lipinski definition) is 3. The fourth-order valence-corrected chi connectivity index (χ4v) is 2.84. The molecule has 1 aromatic rings. The fourth-order valence-electron chi connectivity index (χ4n) is 2.66. The highest BCUT2D eigenvalue weighted by Crippen LogP contribution is 2.35. The zero-order valence-electron chi connectivity index (χ0n) is 10.9. The van der Waals surface area contributed by atoms with Crippen molar-refractivity contribution in [3.8, 4) is 11.8 Å². The molecule has 0 radical (unpaired) electrons. The van der Waals surface area contributed by atoms with Gasteiger partial charge in [-0.25, -0.2) is 0 Å². The monoisotopic (exact) mass is 277 g/mol. The SMILES string of the molecule is COc1ccc(Cl)cc1C(C#N)C(=O)C1CCCC1. The summed E-state index contributed by atoms with van der Waals surface area (Å²) in [6.45, 7) is 0. The summed E-state index contributed by atoms with van der Waals surface area (Å²) in [4.78, 5) is 12.4. The van der Waals surface area contributed by atoms with Gasteiger partial charge in [-0.3, -0.25) is 4.79 Å². The summed E-state index contributed by atoms with van der Waals surface area (Å²) in [6, 6.07) is 7.15. The van der Waals surface area contributed by atoms with Gasteiger partial charge in [-0.15, -0.1) is 0 Å². The number of carbonyl (C=O) groups excluding carboxylic acids is 1. The van der Waals surface area contributed by atoms with Crippen LogP contribution in [0, 0.1) is 17.2 Å². The molecule has 1 aromatic carbocycles. The highest BCUT2D eigenvalue weighted by atomic mass is 35.5. The Bertz CT molecular complexity index is 515. The first-order chi connectivity index (χ1) is 9.17. The molecule has 2 rings (SSSR count). The molecular formula is C15H16ClNO2. The first kappa shape index (κ1) is 13.9. The molecule has 100 valence electrons. The number of Topliss-reactive ketones (excluding diaryl/α,β-unsaturated/α-hetero) is 1. The quantitative estimate of drug-likeness (QED) is 0.843. The standard InChI is InChI=1S/C15H16ClNO2/c1-19-14-7-6-11(16)8-12(14)13(9-17)15(18)10-4-2-3-5-10/h6-8,10,13H,2-5H2,1H3. The lowest BCUT2D eigenvalue weighted by molar-refractivity contribution is -0.123. The second kappa shape index (κ2) is 6.08. The Balaban J connectivity index is 2.33. The van der Waals surface area contributed by atoms with Crippen LogP contribution < -0.4 is 4.74 Å². The maximum Gasteiger partial charge on any atom is 0.157 e. The van der Waals surface area contributed by atoms with E-state index in [-0.39, 0.29) is 11.7 Å². The van der Waals surface area contributed by atoms with Crippen LogP contribution in [0.25, 0.3) is 0 Å². The van der Waals surface area contributed by atoms with E-state index in [2.05, 4.69) is 6.07 Å². The average Bonchev–Trinajstić information content (AvgIpc) is 2.93. The van der Waals surface area contributed by atoms with Crippen LogP contribution in [-0.2, 0) is 4.79 Å². The smallest absolute Gasteiger partial charge is 0.157 e. The predicted octanol–water partition coefficient (Wildman–Crippen LogP) is 3.72. The highest BCUT2D eigenvalue weighted by molar-refractivity contribution is 6.30. The topological polar surface area (TPSA) is 50.1 Å². The van der Waals surface area contributed by atoms with E-state index in [1.54, 1.807) is 18.2 Å². The second-order valence-corrected chi connectivity index (χ2v) is 5.27. The lowest BCUT2D eigenvalue weighted by Crippen LogP contribution is -2.19. The van der Waals surface area contributed by atoms with E-state index >= 15 is 0 Å². The number of benzene rings is 1. The van der Waals surface area contributed by atoms with Gasteiger partial charge in [0.05, 0.1) is 13.2 Å². The Kier molecular flexibility index (Phi) is 4.44. The molecule has 1 fully saturated rings. The number of halogens is 1. The highest BCUT2D eigenvalue weighted by Gasteiger charge is 2.32. The second-order valence-electron chi connectivity index (χ2n) is 4.83. The largest absolute Gasteiger partial charge is 0.496 e. The average molecular weight is 278 g/mol. The van der Waals surface area contributed by atoms with Crippen LogP contribution in [0.4, 0.5) is 0 Å². The Morgan fingerprint density at radius 2 is 2.16 bits per heavy atom. The van der Waals surface area contributed by atoms with Crippen molar-refractivity contribution in [2.75, 3.05) is 7.11 Å². The molecule has 0 amide bonds. The van der Waals surface area contributed by atoms with Crippen molar-refractivity contribution >= 4 is 17.4 Å². The molecule has 1 atom stereocenters. The molecule has 4 heteroatoms. The Hall–Kier alpha value is -1.53. The molecule has 0 saturated heterocycles. The van der Waals surface area contributed by atoms with Crippen molar-refractivity contribution in [2.24, 2.45) is 5.92 Å². The number of nitriles is 1. The van der Waals surface area contributed by atoms with Crippen LogP contribution in [0.3, 0.4) is 0 Å². The summed E-state index contributed by atoms with van der Waals surface area (Å²) < 4.78 is 5.23. The van der Waals surface area contributed by atoms with E-state index in [0.29, 0.717) is 16.3 Å². The number of carbonyl (C=O) groups is 1. The van der Waals surface area contributed by atoms with Crippen molar-refractivity contribution < 1.29 is 9.53 Å². The Labute approximate surface area is 118 Å². The fraction of sp³-hybridized carbons (Fsp3) is 0.467. The summed E-state index contributed by atoms with van der Waals surface area (Å²) in [5.74, 6) is -0.229. The number of ether oxygens (including phenoxy) is 1. The summed E-state index contributed by atoms with van der Waals surface area (Å²) in [6.07, 6.45) is 3.92. The van der Waals surface area contributed by atoms with Gasteiger partial charge in [0, 0.05) is 16.5 Å². The summed E-state index contributed by atoms with van der Waals surface area (Å²) in [5, 5.41) is 9.86. The molecular weight excluding hydrogens is 262 g/mol. The van der Waals surface area contributed by atoms with Crippen molar-refractivity contribution in [3.63, 3.8) is 0 Å². The van der Waals surface area contributed by atoms with E-state index in [0.717, 1.165) is 25.7 Å². The molecule has 0 aromatic heterocycles. The molecule has 1 saturated carbocycles. The van der Waals surface area contributed by atoms with Gasteiger partial charge < -0.3 is 4.74 Å². The molecule has 0 spiro atoms. The van der Waals surface area contributed by atoms with Gasteiger partial charge in [0.2, 0.25) is 0 Å².